The van der Waals surface area contributed by atoms with E-state index in [1.54, 1.807) is 0 Å². The lowest BCUT2D eigenvalue weighted by molar-refractivity contribution is 0.318. The second kappa shape index (κ2) is 6.31. The normalized spacial score (nSPS) is 11.5. The molecule has 3 N–H and O–H groups in total. The topological polar surface area (TPSA) is 61.8 Å². The Morgan fingerprint density at radius 3 is 2.19 bits per heavy atom. The van der Waals surface area contributed by atoms with Gasteiger partial charge in [-0.3, -0.25) is 0 Å². The fraction of sp³-hybridized carbons (Fsp3) is 0.235. The van der Waals surface area contributed by atoms with Crippen LogP contribution in [0.15, 0.2) is 47.6 Å². The zero-order valence-corrected chi connectivity index (χ0v) is 12.7. The number of nitrogens with two attached hydrogens (primary N) is 1. The minimum absolute atomic E-state index is 0.124. The second-order valence-corrected chi connectivity index (χ2v) is 5.38. The molecule has 0 unspecified atom stereocenters. The lowest BCUT2D eigenvalue weighted by Crippen LogP contribution is -2.17. The molecule has 4 nitrogen and oxygen atoms in total. The average molecular weight is 283 g/mol. The summed E-state index contributed by atoms with van der Waals surface area (Å²) in [5, 5.41) is 11.7. The van der Waals surface area contributed by atoms with Gasteiger partial charge >= 0.3 is 0 Å². The summed E-state index contributed by atoms with van der Waals surface area (Å²) in [6.45, 7) is 5.07. The fourth-order valence-electron chi connectivity index (χ4n) is 2.47. The van der Waals surface area contributed by atoms with Gasteiger partial charge < -0.3 is 15.8 Å². The van der Waals surface area contributed by atoms with Crippen molar-refractivity contribution in [2.24, 2.45) is 10.9 Å². The van der Waals surface area contributed by atoms with E-state index in [0.29, 0.717) is 5.56 Å². The smallest absolute Gasteiger partial charge is 0.170 e. The van der Waals surface area contributed by atoms with Crippen LogP contribution in [0.5, 0.6) is 0 Å². The van der Waals surface area contributed by atoms with Crippen molar-refractivity contribution >= 4 is 11.5 Å². The van der Waals surface area contributed by atoms with Crippen molar-refractivity contribution < 1.29 is 5.21 Å². The maximum atomic E-state index is 8.67. The molecule has 0 fully saturated rings. The molecule has 0 bridgehead atoms. The maximum absolute atomic E-state index is 8.67. The van der Waals surface area contributed by atoms with Gasteiger partial charge in [-0.05, 0) is 43.7 Å². The van der Waals surface area contributed by atoms with Crippen molar-refractivity contribution in [1.82, 2.24) is 0 Å². The molecular formula is C17H21N3O. The van der Waals surface area contributed by atoms with Gasteiger partial charge in [-0.2, -0.15) is 0 Å². The summed E-state index contributed by atoms with van der Waals surface area (Å²) in [7, 11) is 2.05. The van der Waals surface area contributed by atoms with E-state index in [4.69, 9.17) is 10.9 Å². The number of oxime groups is 1. The van der Waals surface area contributed by atoms with E-state index in [0.717, 1.165) is 12.2 Å². The molecule has 0 aliphatic carbocycles. The summed E-state index contributed by atoms with van der Waals surface area (Å²) >= 11 is 0. The van der Waals surface area contributed by atoms with Crippen molar-refractivity contribution in [3.63, 3.8) is 0 Å². The van der Waals surface area contributed by atoms with E-state index in [-0.39, 0.29) is 5.84 Å². The SMILES string of the molecule is Cc1cc(C)cc(CN(C)c2ccc(C(N)=NO)cc2)c1. The molecule has 0 heterocycles. The highest BCUT2D eigenvalue weighted by atomic mass is 16.4. The van der Waals surface area contributed by atoms with Crippen molar-refractivity contribution in [1.29, 1.82) is 0 Å². The Bertz CT molecular complexity index is 627. The van der Waals surface area contributed by atoms with Crippen molar-refractivity contribution in [2.45, 2.75) is 20.4 Å². The quantitative estimate of drug-likeness (QED) is 0.392. The number of rotatable bonds is 4. The summed E-state index contributed by atoms with van der Waals surface area (Å²) in [4.78, 5) is 2.17. The number of nitrogens with zero attached hydrogens (tertiary/aromatic N) is 2. The third-order valence-corrected chi connectivity index (χ3v) is 3.41. The van der Waals surface area contributed by atoms with Crippen LogP contribution >= 0.6 is 0 Å². The first kappa shape index (κ1) is 14.9. The van der Waals surface area contributed by atoms with Crippen LogP contribution in [-0.2, 0) is 6.54 Å². The molecule has 0 saturated carbocycles. The molecule has 110 valence electrons. The number of benzene rings is 2. The van der Waals surface area contributed by atoms with Crippen LogP contribution in [0, 0.1) is 13.8 Å². The molecule has 2 aromatic carbocycles. The Labute approximate surface area is 125 Å². The fourth-order valence-corrected chi connectivity index (χ4v) is 2.47. The van der Waals surface area contributed by atoms with Crippen LogP contribution in [0.4, 0.5) is 5.69 Å². The van der Waals surface area contributed by atoms with Crippen molar-refractivity contribution in [3.05, 3.63) is 64.7 Å². The predicted octanol–water partition coefficient (Wildman–Crippen LogP) is 3.03. The third-order valence-electron chi connectivity index (χ3n) is 3.41. The third kappa shape index (κ3) is 3.75. The molecule has 0 spiro atoms. The molecule has 0 atom stereocenters. The molecule has 4 heteroatoms. The largest absolute Gasteiger partial charge is 0.409 e. The van der Waals surface area contributed by atoms with Gasteiger partial charge in [-0.1, -0.05) is 34.5 Å². The van der Waals surface area contributed by atoms with Crippen LogP contribution < -0.4 is 10.6 Å². The first-order valence-corrected chi connectivity index (χ1v) is 6.86. The Balaban J connectivity index is 2.14. The van der Waals surface area contributed by atoms with Gasteiger partial charge in [0.05, 0.1) is 0 Å². The Kier molecular flexibility index (Phi) is 4.48. The van der Waals surface area contributed by atoms with Gasteiger partial charge in [0, 0.05) is 24.8 Å². The average Bonchev–Trinajstić information content (AvgIpc) is 2.45. The monoisotopic (exact) mass is 283 g/mol. The minimum atomic E-state index is 0.124. The zero-order chi connectivity index (χ0) is 15.4. The Hall–Kier alpha value is -2.49. The van der Waals surface area contributed by atoms with Gasteiger partial charge in [-0.15, -0.1) is 0 Å². The summed E-state index contributed by atoms with van der Waals surface area (Å²) < 4.78 is 0. The number of anilines is 1. The Morgan fingerprint density at radius 2 is 1.67 bits per heavy atom. The molecule has 2 rings (SSSR count). The maximum Gasteiger partial charge on any atom is 0.170 e. The van der Waals surface area contributed by atoms with E-state index in [2.05, 4.69) is 49.1 Å². The highest BCUT2D eigenvalue weighted by molar-refractivity contribution is 5.97. The highest BCUT2D eigenvalue weighted by Crippen LogP contribution is 2.18. The number of hydrogen-bond donors (Lipinski definition) is 2. The van der Waals surface area contributed by atoms with E-state index in [9.17, 15) is 0 Å². The molecule has 0 aromatic heterocycles. The number of amidine groups is 1. The van der Waals surface area contributed by atoms with Gasteiger partial charge in [0.2, 0.25) is 0 Å². The molecule has 0 saturated heterocycles. The van der Waals surface area contributed by atoms with Gasteiger partial charge in [0.15, 0.2) is 5.84 Å². The van der Waals surface area contributed by atoms with Gasteiger partial charge in [-0.25, -0.2) is 0 Å². The molecule has 0 aliphatic heterocycles. The summed E-state index contributed by atoms with van der Waals surface area (Å²) in [6, 6.07) is 14.2. The van der Waals surface area contributed by atoms with E-state index < -0.39 is 0 Å². The van der Waals surface area contributed by atoms with Crippen LogP contribution in [0.2, 0.25) is 0 Å². The van der Waals surface area contributed by atoms with Gasteiger partial charge in [0.25, 0.3) is 0 Å². The lowest BCUT2D eigenvalue weighted by atomic mass is 10.1. The van der Waals surface area contributed by atoms with Crippen LogP contribution in [0.1, 0.15) is 22.3 Å². The Morgan fingerprint density at radius 1 is 1.10 bits per heavy atom. The summed E-state index contributed by atoms with van der Waals surface area (Å²) in [5.41, 5.74) is 11.2. The number of aryl methyl sites for hydroxylation is 2. The zero-order valence-electron chi connectivity index (χ0n) is 12.7. The predicted molar refractivity (Wildman–Crippen MR) is 87.0 cm³/mol. The minimum Gasteiger partial charge on any atom is -0.409 e. The summed E-state index contributed by atoms with van der Waals surface area (Å²) in [5.74, 6) is 0.124. The lowest BCUT2D eigenvalue weighted by Gasteiger charge is -2.20. The van der Waals surface area contributed by atoms with Crippen LogP contribution in [0.25, 0.3) is 0 Å². The number of hydrogen-bond acceptors (Lipinski definition) is 3. The standard InChI is InChI=1S/C17H21N3O/c1-12-8-13(2)10-14(9-12)11-20(3)16-6-4-15(5-7-16)17(18)19-21/h4-10,21H,11H2,1-3H3,(H2,18,19). The van der Waals surface area contributed by atoms with Gasteiger partial charge in [0.1, 0.15) is 0 Å². The van der Waals surface area contributed by atoms with E-state index >= 15 is 0 Å². The first-order valence-electron chi connectivity index (χ1n) is 6.86. The molecule has 2 aromatic rings. The second-order valence-electron chi connectivity index (χ2n) is 5.38. The van der Waals surface area contributed by atoms with Crippen molar-refractivity contribution in [2.75, 3.05) is 11.9 Å². The molecule has 0 aliphatic rings. The van der Waals surface area contributed by atoms with Crippen LogP contribution in [-0.4, -0.2) is 18.1 Å². The highest BCUT2D eigenvalue weighted by Gasteiger charge is 2.05. The molecule has 21 heavy (non-hydrogen) atoms. The molecule has 0 radical (unpaired) electrons. The van der Waals surface area contributed by atoms with E-state index in [1.807, 2.05) is 24.3 Å². The van der Waals surface area contributed by atoms with E-state index in [1.165, 1.54) is 16.7 Å². The first-order chi connectivity index (χ1) is 9.99. The molecule has 0 amide bonds. The van der Waals surface area contributed by atoms with Crippen LogP contribution in [0.3, 0.4) is 0 Å². The summed E-state index contributed by atoms with van der Waals surface area (Å²) in [6.07, 6.45) is 0. The van der Waals surface area contributed by atoms with Crippen molar-refractivity contribution in [3.8, 4) is 0 Å². The molecular weight excluding hydrogens is 262 g/mol.